The van der Waals surface area contributed by atoms with E-state index in [0.717, 1.165) is 12.2 Å². The summed E-state index contributed by atoms with van der Waals surface area (Å²) in [6.07, 6.45) is 2.07. The molecule has 0 aliphatic carbocycles. The fourth-order valence-electron chi connectivity index (χ4n) is 1.95. The summed E-state index contributed by atoms with van der Waals surface area (Å²) in [5.74, 6) is -0.0308. The molecule has 0 aliphatic heterocycles. The van der Waals surface area contributed by atoms with Crippen molar-refractivity contribution >= 4 is 23.4 Å². The average Bonchev–Trinajstić information content (AvgIpc) is 2.54. The molecule has 0 bridgehead atoms. The van der Waals surface area contributed by atoms with E-state index in [0.29, 0.717) is 12.1 Å². The largest absolute Gasteiger partial charge is 0.381 e. The zero-order valence-corrected chi connectivity index (χ0v) is 13.2. The summed E-state index contributed by atoms with van der Waals surface area (Å²) < 4.78 is 0. The summed E-state index contributed by atoms with van der Waals surface area (Å²) in [4.78, 5) is 12.9. The van der Waals surface area contributed by atoms with E-state index in [4.69, 9.17) is 0 Å². The standard InChI is InChI=1S/C17H20N2OS/c1-3-18-17(20)14-6-8-15(9-7-14)19-12-13-4-10-16(21-2)11-5-13/h4-11,19H,3,12H2,1-2H3,(H,18,20). The number of hydrogen-bond donors (Lipinski definition) is 2. The van der Waals surface area contributed by atoms with Crippen LogP contribution in [0.5, 0.6) is 0 Å². The van der Waals surface area contributed by atoms with Crippen molar-refractivity contribution in [3.8, 4) is 0 Å². The van der Waals surface area contributed by atoms with E-state index in [1.807, 2.05) is 31.2 Å². The van der Waals surface area contributed by atoms with Crippen molar-refractivity contribution < 1.29 is 4.79 Å². The van der Waals surface area contributed by atoms with Crippen LogP contribution in [0.2, 0.25) is 0 Å². The minimum atomic E-state index is -0.0308. The van der Waals surface area contributed by atoms with E-state index in [9.17, 15) is 4.79 Å². The van der Waals surface area contributed by atoms with E-state index >= 15 is 0 Å². The molecule has 0 spiro atoms. The van der Waals surface area contributed by atoms with Gasteiger partial charge in [-0.1, -0.05) is 12.1 Å². The molecule has 0 fully saturated rings. The Morgan fingerprint density at radius 3 is 2.29 bits per heavy atom. The maximum atomic E-state index is 11.7. The van der Waals surface area contributed by atoms with Gasteiger partial charge in [0.25, 0.3) is 5.91 Å². The first-order valence-electron chi connectivity index (χ1n) is 6.98. The molecule has 110 valence electrons. The van der Waals surface area contributed by atoms with Gasteiger partial charge in [-0.3, -0.25) is 4.79 Å². The van der Waals surface area contributed by atoms with Crippen molar-refractivity contribution in [2.75, 3.05) is 18.1 Å². The van der Waals surface area contributed by atoms with E-state index in [1.165, 1.54) is 10.5 Å². The average molecular weight is 300 g/mol. The van der Waals surface area contributed by atoms with Crippen LogP contribution in [0.1, 0.15) is 22.8 Å². The number of carbonyl (C=O) groups is 1. The smallest absolute Gasteiger partial charge is 0.251 e. The van der Waals surface area contributed by atoms with E-state index in [-0.39, 0.29) is 5.91 Å². The van der Waals surface area contributed by atoms with Gasteiger partial charge in [-0.2, -0.15) is 0 Å². The van der Waals surface area contributed by atoms with Crippen molar-refractivity contribution in [1.29, 1.82) is 0 Å². The molecular formula is C17H20N2OS. The molecule has 2 rings (SSSR count). The van der Waals surface area contributed by atoms with Crippen molar-refractivity contribution in [3.63, 3.8) is 0 Å². The molecule has 2 aromatic carbocycles. The molecular weight excluding hydrogens is 280 g/mol. The Morgan fingerprint density at radius 2 is 1.71 bits per heavy atom. The summed E-state index contributed by atoms with van der Waals surface area (Å²) in [5.41, 5.74) is 2.93. The Bertz CT molecular complexity index is 579. The second kappa shape index (κ2) is 7.74. The number of carbonyl (C=O) groups excluding carboxylic acids is 1. The van der Waals surface area contributed by atoms with E-state index in [1.54, 1.807) is 11.8 Å². The van der Waals surface area contributed by atoms with Crippen molar-refractivity contribution in [1.82, 2.24) is 5.32 Å². The normalized spacial score (nSPS) is 10.2. The molecule has 0 saturated heterocycles. The van der Waals surface area contributed by atoms with Gasteiger partial charge in [0, 0.05) is 29.2 Å². The quantitative estimate of drug-likeness (QED) is 0.798. The molecule has 0 aliphatic rings. The van der Waals surface area contributed by atoms with Crippen LogP contribution in [0.15, 0.2) is 53.4 Å². The number of hydrogen-bond acceptors (Lipinski definition) is 3. The fraction of sp³-hybridized carbons (Fsp3) is 0.235. The van der Waals surface area contributed by atoms with Gasteiger partial charge in [0.15, 0.2) is 0 Å². The number of thioether (sulfide) groups is 1. The highest BCUT2D eigenvalue weighted by Crippen LogP contribution is 2.16. The van der Waals surface area contributed by atoms with E-state index < -0.39 is 0 Å². The molecule has 0 heterocycles. The van der Waals surface area contributed by atoms with Gasteiger partial charge < -0.3 is 10.6 Å². The van der Waals surface area contributed by atoms with Gasteiger partial charge >= 0.3 is 0 Å². The predicted molar refractivity (Wildman–Crippen MR) is 90.0 cm³/mol. The Morgan fingerprint density at radius 1 is 1.05 bits per heavy atom. The zero-order valence-electron chi connectivity index (χ0n) is 12.3. The molecule has 0 aromatic heterocycles. The number of nitrogens with one attached hydrogen (secondary N) is 2. The molecule has 21 heavy (non-hydrogen) atoms. The molecule has 4 heteroatoms. The first-order chi connectivity index (χ1) is 10.2. The highest BCUT2D eigenvalue weighted by Gasteiger charge is 2.03. The highest BCUT2D eigenvalue weighted by atomic mass is 32.2. The summed E-state index contributed by atoms with van der Waals surface area (Å²) in [7, 11) is 0. The van der Waals surface area contributed by atoms with Crippen LogP contribution in [0, 0.1) is 0 Å². The third-order valence-electron chi connectivity index (χ3n) is 3.14. The Hall–Kier alpha value is -1.94. The summed E-state index contributed by atoms with van der Waals surface area (Å²) in [5, 5.41) is 6.15. The first kappa shape index (κ1) is 15.4. The Labute approximate surface area is 130 Å². The first-order valence-corrected chi connectivity index (χ1v) is 8.20. The number of benzene rings is 2. The van der Waals surface area contributed by atoms with Crippen LogP contribution in [0.3, 0.4) is 0 Å². The van der Waals surface area contributed by atoms with Crippen molar-refractivity contribution in [3.05, 3.63) is 59.7 Å². The van der Waals surface area contributed by atoms with Crippen LogP contribution >= 0.6 is 11.8 Å². The minimum absolute atomic E-state index is 0.0308. The second-order valence-electron chi connectivity index (χ2n) is 4.64. The number of amides is 1. The van der Waals surface area contributed by atoms with Crippen LogP contribution in [-0.2, 0) is 6.54 Å². The van der Waals surface area contributed by atoms with Crippen LogP contribution in [-0.4, -0.2) is 18.7 Å². The Kier molecular flexibility index (Phi) is 5.69. The summed E-state index contributed by atoms with van der Waals surface area (Å²) in [6.45, 7) is 3.33. The molecule has 0 unspecified atom stereocenters. The van der Waals surface area contributed by atoms with Gasteiger partial charge in [0.1, 0.15) is 0 Å². The van der Waals surface area contributed by atoms with Gasteiger partial charge in [0.05, 0.1) is 0 Å². The van der Waals surface area contributed by atoms with Gasteiger partial charge in [0.2, 0.25) is 0 Å². The predicted octanol–water partition coefficient (Wildman–Crippen LogP) is 3.77. The lowest BCUT2D eigenvalue weighted by atomic mass is 10.2. The lowest BCUT2D eigenvalue weighted by Crippen LogP contribution is -2.22. The van der Waals surface area contributed by atoms with Gasteiger partial charge in [-0.05, 0) is 55.1 Å². The summed E-state index contributed by atoms with van der Waals surface area (Å²) in [6, 6.07) is 16.0. The highest BCUT2D eigenvalue weighted by molar-refractivity contribution is 7.98. The van der Waals surface area contributed by atoms with Crippen LogP contribution in [0.4, 0.5) is 5.69 Å². The van der Waals surface area contributed by atoms with E-state index in [2.05, 4.69) is 41.2 Å². The fourth-order valence-corrected chi connectivity index (χ4v) is 2.36. The molecule has 3 nitrogen and oxygen atoms in total. The topological polar surface area (TPSA) is 41.1 Å². The SMILES string of the molecule is CCNC(=O)c1ccc(NCc2ccc(SC)cc2)cc1. The lowest BCUT2D eigenvalue weighted by Gasteiger charge is -2.08. The second-order valence-corrected chi connectivity index (χ2v) is 5.52. The van der Waals surface area contributed by atoms with Gasteiger partial charge in [-0.25, -0.2) is 0 Å². The minimum Gasteiger partial charge on any atom is -0.381 e. The lowest BCUT2D eigenvalue weighted by molar-refractivity contribution is 0.0956. The Balaban J connectivity index is 1.92. The maximum absolute atomic E-state index is 11.7. The van der Waals surface area contributed by atoms with Crippen LogP contribution in [0.25, 0.3) is 0 Å². The maximum Gasteiger partial charge on any atom is 0.251 e. The molecule has 2 aromatic rings. The summed E-state index contributed by atoms with van der Waals surface area (Å²) >= 11 is 1.74. The third kappa shape index (κ3) is 4.53. The monoisotopic (exact) mass is 300 g/mol. The third-order valence-corrected chi connectivity index (χ3v) is 3.88. The number of anilines is 1. The molecule has 0 atom stereocenters. The van der Waals surface area contributed by atoms with Crippen LogP contribution < -0.4 is 10.6 Å². The molecule has 1 amide bonds. The molecule has 2 N–H and O–H groups in total. The molecule has 0 saturated carbocycles. The van der Waals surface area contributed by atoms with Crippen molar-refractivity contribution in [2.45, 2.75) is 18.4 Å². The number of rotatable bonds is 6. The molecule has 0 radical (unpaired) electrons. The zero-order chi connectivity index (χ0) is 15.1. The van der Waals surface area contributed by atoms with Crippen molar-refractivity contribution in [2.24, 2.45) is 0 Å². The van der Waals surface area contributed by atoms with Gasteiger partial charge in [-0.15, -0.1) is 11.8 Å².